The molecule has 104 valence electrons. The lowest BCUT2D eigenvalue weighted by Crippen LogP contribution is -2.32. The Morgan fingerprint density at radius 2 is 2.26 bits per heavy atom. The lowest BCUT2D eigenvalue weighted by atomic mass is 10.0. The molecular formula is C14H18FNO3. The number of hydrogen-bond donors (Lipinski definition) is 1. The van der Waals surface area contributed by atoms with Gasteiger partial charge in [0.15, 0.2) is 0 Å². The van der Waals surface area contributed by atoms with Crippen molar-refractivity contribution in [3.05, 3.63) is 29.6 Å². The number of carboxylic acids is 1. The molecule has 1 aromatic carbocycles. The summed E-state index contributed by atoms with van der Waals surface area (Å²) in [5.41, 5.74) is 0.359. The maximum absolute atomic E-state index is 13.4. The normalized spacial score (nSPS) is 16.4. The van der Waals surface area contributed by atoms with Crippen LogP contribution in [-0.4, -0.2) is 36.7 Å². The second kappa shape index (κ2) is 5.57. The van der Waals surface area contributed by atoms with Gasteiger partial charge in [-0.2, -0.15) is 0 Å². The van der Waals surface area contributed by atoms with Crippen LogP contribution in [0, 0.1) is 11.7 Å². The molecule has 0 saturated heterocycles. The predicted octanol–water partition coefficient (Wildman–Crippen LogP) is 2.30. The fourth-order valence-corrected chi connectivity index (χ4v) is 2.29. The number of methoxy groups -OCH3 is 1. The number of halogens is 1. The molecule has 4 nitrogen and oxygen atoms in total. The average Bonchev–Trinajstić information content (AvgIpc) is 3.13. The summed E-state index contributed by atoms with van der Waals surface area (Å²) in [6.07, 6.45) is 2.27. The summed E-state index contributed by atoms with van der Waals surface area (Å²) in [5.74, 6) is -0.489. The molecule has 0 aromatic heterocycles. The van der Waals surface area contributed by atoms with Crippen molar-refractivity contribution in [3.63, 3.8) is 0 Å². The Labute approximate surface area is 111 Å². The van der Waals surface area contributed by atoms with Crippen molar-refractivity contribution in [2.75, 3.05) is 20.7 Å². The van der Waals surface area contributed by atoms with Crippen molar-refractivity contribution in [1.29, 1.82) is 0 Å². The average molecular weight is 267 g/mol. The number of hydrogen-bond acceptors (Lipinski definition) is 3. The summed E-state index contributed by atoms with van der Waals surface area (Å²) in [5, 5.41) is 9.42. The fraction of sp³-hybridized carbons (Fsp3) is 0.500. The van der Waals surface area contributed by atoms with Crippen molar-refractivity contribution in [3.8, 4) is 5.75 Å². The highest BCUT2D eigenvalue weighted by molar-refractivity contribution is 5.76. The van der Waals surface area contributed by atoms with Gasteiger partial charge in [-0.05, 0) is 44.0 Å². The maximum atomic E-state index is 13.4. The topological polar surface area (TPSA) is 49.8 Å². The molecule has 2 rings (SSSR count). The van der Waals surface area contributed by atoms with Crippen LogP contribution in [0.3, 0.4) is 0 Å². The number of aliphatic carboxylic acids is 1. The number of carbonyl (C=O) groups is 1. The van der Waals surface area contributed by atoms with Crippen molar-refractivity contribution in [1.82, 2.24) is 4.90 Å². The van der Waals surface area contributed by atoms with E-state index in [9.17, 15) is 14.3 Å². The molecule has 1 aromatic rings. The van der Waals surface area contributed by atoms with Gasteiger partial charge in [-0.25, -0.2) is 4.39 Å². The first-order valence-electron chi connectivity index (χ1n) is 6.29. The minimum atomic E-state index is -0.993. The van der Waals surface area contributed by atoms with E-state index in [1.54, 1.807) is 11.9 Å². The summed E-state index contributed by atoms with van der Waals surface area (Å²) in [6.45, 7) is 0.705. The quantitative estimate of drug-likeness (QED) is 0.859. The zero-order valence-electron chi connectivity index (χ0n) is 11.1. The number of carboxylic acid groups (broad SMARTS) is 1. The Morgan fingerprint density at radius 1 is 1.58 bits per heavy atom. The molecule has 1 aliphatic carbocycles. The van der Waals surface area contributed by atoms with Gasteiger partial charge in [-0.15, -0.1) is 0 Å². The number of nitrogens with zero attached hydrogens (tertiary/aromatic N) is 1. The standard InChI is InChI=1S/C14H18FNO3/c1-16(8-9-3-4-9)13(14(17)18)11-7-10(15)5-6-12(11)19-2/h5-7,9,13H,3-4,8H2,1-2H3,(H,17,18). The van der Waals surface area contributed by atoms with Crippen molar-refractivity contribution >= 4 is 5.97 Å². The van der Waals surface area contributed by atoms with E-state index in [-0.39, 0.29) is 0 Å². The van der Waals surface area contributed by atoms with Gasteiger partial charge in [-0.1, -0.05) is 0 Å². The zero-order chi connectivity index (χ0) is 14.0. The van der Waals surface area contributed by atoms with Gasteiger partial charge < -0.3 is 9.84 Å². The summed E-state index contributed by atoms with van der Waals surface area (Å²) < 4.78 is 18.5. The minimum absolute atomic E-state index is 0.359. The summed E-state index contributed by atoms with van der Waals surface area (Å²) in [6, 6.07) is 3.08. The van der Waals surface area contributed by atoms with Crippen LogP contribution in [-0.2, 0) is 4.79 Å². The first-order chi connectivity index (χ1) is 9.02. The molecule has 19 heavy (non-hydrogen) atoms. The van der Waals surface area contributed by atoms with Gasteiger partial charge in [0, 0.05) is 12.1 Å². The van der Waals surface area contributed by atoms with Crippen LogP contribution in [0.5, 0.6) is 5.75 Å². The predicted molar refractivity (Wildman–Crippen MR) is 68.7 cm³/mol. The molecule has 0 aliphatic heterocycles. The zero-order valence-corrected chi connectivity index (χ0v) is 11.1. The molecule has 5 heteroatoms. The van der Waals surface area contributed by atoms with Gasteiger partial charge in [-0.3, -0.25) is 9.69 Å². The Balaban J connectivity index is 2.31. The largest absolute Gasteiger partial charge is 0.496 e. The molecule has 1 saturated carbocycles. The number of benzene rings is 1. The first-order valence-corrected chi connectivity index (χ1v) is 6.29. The van der Waals surface area contributed by atoms with Crippen LogP contribution < -0.4 is 4.74 Å². The smallest absolute Gasteiger partial charge is 0.325 e. The third-order valence-electron chi connectivity index (χ3n) is 3.40. The van der Waals surface area contributed by atoms with Crippen molar-refractivity contribution < 1.29 is 19.0 Å². The van der Waals surface area contributed by atoms with E-state index < -0.39 is 17.8 Å². The lowest BCUT2D eigenvalue weighted by Gasteiger charge is -2.26. The molecule has 1 unspecified atom stereocenters. The number of rotatable bonds is 6. The van der Waals surface area contributed by atoms with E-state index in [1.807, 2.05) is 0 Å². The first kappa shape index (κ1) is 13.8. The number of likely N-dealkylation sites (N-methyl/N-ethyl adjacent to an activating group) is 1. The van der Waals surface area contributed by atoms with Gasteiger partial charge in [0.05, 0.1) is 7.11 Å². The second-order valence-corrected chi connectivity index (χ2v) is 5.01. The van der Waals surface area contributed by atoms with Gasteiger partial charge in [0.2, 0.25) is 0 Å². The van der Waals surface area contributed by atoms with Crippen LogP contribution in [0.4, 0.5) is 4.39 Å². The monoisotopic (exact) mass is 267 g/mol. The van der Waals surface area contributed by atoms with Gasteiger partial charge in [0.1, 0.15) is 17.6 Å². The molecule has 0 heterocycles. The molecule has 0 amide bonds. The maximum Gasteiger partial charge on any atom is 0.325 e. The minimum Gasteiger partial charge on any atom is -0.496 e. The molecule has 1 fully saturated rings. The van der Waals surface area contributed by atoms with E-state index in [0.29, 0.717) is 23.8 Å². The van der Waals surface area contributed by atoms with E-state index in [2.05, 4.69) is 0 Å². The lowest BCUT2D eigenvalue weighted by molar-refractivity contribution is -0.143. The van der Waals surface area contributed by atoms with Crippen molar-refractivity contribution in [2.45, 2.75) is 18.9 Å². The molecule has 1 N–H and O–H groups in total. The molecule has 1 atom stereocenters. The third-order valence-corrected chi connectivity index (χ3v) is 3.40. The van der Waals surface area contributed by atoms with Crippen LogP contribution >= 0.6 is 0 Å². The highest BCUT2D eigenvalue weighted by Crippen LogP contribution is 2.34. The number of ether oxygens (including phenoxy) is 1. The van der Waals surface area contributed by atoms with Gasteiger partial charge >= 0.3 is 5.97 Å². The van der Waals surface area contributed by atoms with E-state index in [0.717, 1.165) is 12.8 Å². The Morgan fingerprint density at radius 3 is 2.79 bits per heavy atom. The summed E-state index contributed by atoms with van der Waals surface area (Å²) >= 11 is 0. The third kappa shape index (κ3) is 3.23. The van der Waals surface area contributed by atoms with Gasteiger partial charge in [0.25, 0.3) is 0 Å². The molecule has 0 bridgehead atoms. The van der Waals surface area contributed by atoms with Crippen LogP contribution in [0.15, 0.2) is 18.2 Å². The SMILES string of the molecule is COc1ccc(F)cc1C(C(=O)O)N(C)CC1CC1. The second-order valence-electron chi connectivity index (χ2n) is 5.01. The van der Waals surface area contributed by atoms with Crippen molar-refractivity contribution in [2.24, 2.45) is 5.92 Å². The highest BCUT2D eigenvalue weighted by atomic mass is 19.1. The van der Waals surface area contributed by atoms with Crippen LogP contribution in [0.25, 0.3) is 0 Å². The molecular weight excluding hydrogens is 249 g/mol. The van der Waals surface area contributed by atoms with Crippen LogP contribution in [0.2, 0.25) is 0 Å². The summed E-state index contributed by atoms with van der Waals surface area (Å²) in [7, 11) is 3.21. The molecule has 0 spiro atoms. The van der Waals surface area contributed by atoms with E-state index in [4.69, 9.17) is 4.74 Å². The van der Waals surface area contributed by atoms with E-state index >= 15 is 0 Å². The summed E-state index contributed by atoms with van der Waals surface area (Å²) in [4.78, 5) is 13.3. The Hall–Kier alpha value is -1.62. The Kier molecular flexibility index (Phi) is 4.04. The Bertz CT molecular complexity index is 474. The highest BCUT2D eigenvalue weighted by Gasteiger charge is 2.32. The van der Waals surface area contributed by atoms with E-state index in [1.165, 1.54) is 25.3 Å². The van der Waals surface area contributed by atoms with Crippen LogP contribution in [0.1, 0.15) is 24.4 Å². The fourth-order valence-electron chi connectivity index (χ4n) is 2.29. The molecule has 1 aliphatic rings. The molecule has 0 radical (unpaired) electrons.